The molecular formula is C17H32N4O. The number of carbonyl (C=O) groups excluding carboxylic acids is 1. The van der Waals surface area contributed by atoms with Gasteiger partial charge in [-0.1, -0.05) is 33.1 Å². The summed E-state index contributed by atoms with van der Waals surface area (Å²) in [5.41, 5.74) is 0.543. The van der Waals surface area contributed by atoms with E-state index in [1.165, 1.54) is 38.5 Å². The van der Waals surface area contributed by atoms with Gasteiger partial charge in [0.1, 0.15) is 0 Å². The van der Waals surface area contributed by atoms with Crippen molar-refractivity contribution in [2.75, 3.05) is 33.2 Å². The summed E-state index contributed by atoms with van der Waals surface area (Å²) in [6.45, 7) is 7.46. The van der Waals surface area contributed by atoms with E-state index in [1.54, 1.807) is 0 Å². The van der Waals surface area contributed by atoms with E-state index < -0.39 is 0 Å². The van der Waals surface area contributed by atoms with E-state index in [0.717, 1.165) is 25.6 Å². The minimum absolute atomic E-state index is 0.0454. The summed E-state index contributed by atoms with van der Waals surface area (Å²) < 4.78 is 0. The van der Waals surface area contributed by atoms with Crippen molar-refractivity contribution in [3.63, 3.8) is 0 Å². The molecule has 1 heterocycles. The highest BCUT2D eigenvalue weighted by atomic mass is 16.1. The van der Waals surface area contributed by atoms with Crippen LogP contribution < -0.4 is 10.6 Å². The Morgan fingerprint density at radius 2 is 1.82 bits per heavy atom. The molecule has 0 radical (unpaired) electrons. The van der Waals surface area contributed by atoms with Crippen LogP contribution >= 0.6 is 0 Å². The Kier molecular flexibility index (Phi) is 6.09. The van der Waals surface area contributed by atoms with Crippen LogP contribution in [0.1, 0.15) is 52.4 Å². The number of aliphatic imine (C=N–C) groups is 1. The van der Waals surface area contributed by atoms with Gasteiger partial charge in [0.05, 0.1) is 0 Å². The van der Waals surface area contributed by atoms with Gasteiger partial charge in [-0.2, -0.15) is 0 Å². The number of likely N-dealkylation sites (tertiary alicyclic amines) is 1. The first-order valence-electron chi connectivity index (χ1n) is 8.80. The van der Waals surface area contributed by atoms with Crippen molar-refractivity contribution >= 4 is 11.9 Å². The zero-order chi connectivity index (χ0) is 16.0. The van der Waals surface area contributed by atoms with Crippen LogP contribution in [0.5, 0.6) is 0 Å². The summed E-state index contributed by atoms with van der Waals surface area (Å²) in [5, 5.41) is 6.32. The molecule has 0 aromatic heterocycles. The number of hydrogen-bond donors (Lipinski definition) is 2. The molecule has 1 amide bonds. The summed E-state index contributed by atoms with van der Waals surface area (Å²) in [4.78, 5) is 18.4. The summed E-state index contributed by atoms with van der Waals surface area (Å²) in [7, 11) is 1.85. The van der Waals surface area contributed by atoms with Crippen LogP contribution in [-0.4, -0.2) is 50.0 Å². The summed E-state index contributed by atoms with van der Waals surface area (Å²) in [6.07, 6.45) is 8.25. The molecule has 2 aliphatic rings. The van der Waals surface area contributed by atoms with Crippen molar-refractivity contribution in [1.29, 1.82) is 0 Å². The molecule has 0 aromatic carbocycles. The van der Waals surface area contributed by atoms with Gasteiger partial charge in [0.2, 0.25) is 5.91 Å². The van der Waals surface area contributed by atoms with E-state index in [-0.39, 0.29) is 11.8 Å². The molecule has 22 heavy (non-hydrogen) atoms. The van der Waals surface area contributed by atoms with Crippen molar-refractivity contribution in [1.82, 2.24) is 15.5 Å². The van der Waals surface area contributed by atoms with Crippen LogP contribution in [-0.2, 0) is 4.79 Å². The van der Waals surface area contributed by atoms with Crippen molar-refractivity contribution < 1.29 is 4.79 Å². The first-order chi connectivity index (χ1) is 10.6. The number of nitrogens with one attached hydrogen (secondary N) is 2. The second-order valence-electron chi connectivity index (χ2n) is 7.15. The van der Waals surface area contributed by atoms with Crippen molar-refractivity contribution in [3.8, 4) is 0 Å². The molecule has 2 fully saturated rings. The molecule has 0 bridgehead atoms. The first-order valence-corrected chi connectivity index (χ1v) is 8.80. The van der Waals surface area contributed by atoms with Crippen LogP contribution in [0.25, 0.3) is 0 Å². The van der Waals surface area contributed by atoms with Crippen LogP contribution in [0.2, 0.25) is 0 Å². The molecule has 126 valence electrons. The zero-order valence-electron chi connectivity index (χ0n) is 14.5. The maximum Gasteiger partial charge on any atom is 0.222 e. The third-order valence-electron chi connectivity index (χ3n) is 5.10. The molecule has 1 aliphatic heterocycles. The van der Waals surface area contributed by atoms with Crippen molar-refractivity contribution in [2.45, 2.75) is 52.4 Å². The summed E-state index contributed by atoms with van der Waals surface area (Å²) in [5.74, 6) is 1.14. The lowest BCUT2D eigenvalue weighted by Gasteiger charge is -2.33. The summed E-state index contributed by atoms with van der Waals surface area (Å²) >= 11 is 0. The van der Waals surface area contributed by atoms with Gasteiger partial charge >= 0.3 is 0 Å². The zero-order valence-corrected chi connectivity index (χ0v) is 14.5. The largest absolute Gasteiger partial charge is 0.354 e. The van der Waals surface area contributed by atoms with Crippen molar-refractivity contribution in [3.05, 3.63) is 0 Å². The Hall–Kier alpha value is -1.26. The molecule has 1 aliphatic carbocycles. The minimum atomic E-state index is 0.0454. The fourth-order valence-corrected chi connectivity index (χ4v) is 3.72. The Morgan fingerprint density at radius 3 is 2.45 bits per heavy atom. The highest BCUT2D eigenvalue weighted by Gasteiger charge is 2.39. The predicted molar refractivity (Wildman–Crippen MR) is 90.9 cm³/mol. The molecule has 5 nitrogen and oxygen atoms in total. The highest BCUT2D eigenvalue weighted by Crippen LogP contribution is 2.43. The van der Waals surface area contributed by atoms with Crippen LogP contribution in [0.15, 0.2) is 4.99 Å². The van der Waals surface area contributed by atoms with E-state index in [0.29, 0.717) is 12.0 Å². The highest BCUT2D eigenvalue weighted by molar-refractivity contribution is 5.80. The van der Waals surface area contributed by atoms with Gasteiger partial charge in [-0.05, 0) is 24.7 Å². The lowest BCUT2D eigenvalue weighted by Crippen LogP contribution is -2.44. The average molecular weight is 308 g/mol. The fraction of sp³-hybridized carbons (Fsp3) is 0.882. The Labute approximate surface area is 134 Å². The standard InChI is InChI=1S/C17H32N4O/c1-14(2)15(22)19-10-11-20-16(18-3)21-12-9-17(13-21)7-5-4-6-8-17/h14H,4-13H2,1-3H3,(H,18,20)(H,19,22). The van der Waals surface area contributed by atoms with Gasteiger partial charge in [-0.3, -0.25) is 9.79 Å². The van der Waals surface area contributed by atoms with Gasteiger partial charge in [-0.15, -0.1) is 0 Å². The number of carbonyl (C=O) groups is 1. The molecule has 2 N–H and O–H groups in total. The van der Waals surface area contributed by atoms with Crippen molar-refractivity contribution in [2.24, 2.45) is 16.3 Å². The SMILES string of the molecule is CN=C(NCCNC(=O)C(C)C)N1CCC2(CCCCC2)C1. The maximum atomic E-state index is 11.5. The Morgan fingerprint density at radius 1 is 1.14 bits per heavy atom. The second-order valence-corrected chi connectivity index (χ2v) is 7.15. The van der Waals surface area contributed by atoms with E-state index in [2.05, 4.69) is 20.5 Å². The topological polar surface area (TPSA) is 56.7 Å². The molecule has 5 heteroatoms. The van der Waals surface area contributed by atoms with Gasteiger partial charge in [0.25, 0.3) is 0 Å². The number of hydrogen-bond acceptors (Lipinski definition) is 2. The Bertz CT molecular complexity index is 399. The maximum absolute atomic E-state index is 11.5. The molecule has 0 unspecified atom stereocenters. The lowest BCUT2D eigenvalue weighted by molar-refractivity contribution is -0.123. The monoisotopic (exact) mass is 308 g/mol. The van der Waals surface area contributed by atoms with Gasteiger partial charge in [0, 0.05) is 39.1 Å². The summed E-state index contributed by atoms with van der Waals surface area (Å²) in [6, 6.07) is 0. The van der Waals surface area contributed by atoms with E-state index in [4.69, 9.17) is 0 Å². The van der Waals surface area contributed by atoms with E-state index in [1.807, 2.05) is 20.9 Å². The third kappa shape index (κ3) is 4.37. The number of nitrogens with zero attached hydrogens (tertiary/aromatic N) is 2. The van der Waals surface area contributed by atoms with Gasteiger partial charge < -0.3 is 15.5 Å². The van der Waals surface area contributed by atoms with Gasteiger partial charge in [-0.25, -0.2) is 0 Å². The second kappa shape index (κ2) is 7.84. The van der Waals surface area contributed by atoms with Crippen LogP contribution in [0.4, 0.5) is 0 Å². The predicted octanol–water partition coefficient (Wildman–Crippen LogP) is 1.99. The molecule has 2 rings (SSSR count). The molecule has 0 aromatic rings. The first kappa shape index (κ1) is 17.1. The normalized spacial score (nSPS) is 21.5. The number of amides is 1. The molecule has 1 saturated heterocycles. The fourth-order valence-electron chi connectivity index (χ4n) is 3.72. The number of guanidine groups is 1. The minimum Gasteiger partial charge on any atom is -0.354 e. The molecular weight excluding hydrogens is 276 g/mol. The molecule has 0 atom stereocenters. The smallest absolute Gasteiger partial charge is 0.222 e. The quantitative estimate of drug-likeness (QED) is 0.474. The van der Waals surface area contributed by atoms with Crippen LogP contribution in [0, 0.1) is 11.3 Å². The van der Waals surface area contributed by atoms with Crippen LogP contribution in [0.3, 0.4) is 0 Å². The Balaban J connectivity index is 1.74. The van der Waals surface area contributed by atoms with E-state index >= 15 is 0 Å². The molecule has 1 saturated carbocycles. The number of rotatable bonds is 4. The van der Waals surface area contributed by atoms with E-state index in [9.17, 15) is 4.79 Å². The lowest BCUT2D eigenvalue weighted by atomic mass is 9.73. The average Bonchev–Trinajstić information content (AvgIpc) is 2.91. The molecule has 1 spiro atoms. The van der Waals surface area contributed by atoms with Gasteiger partial charge in [0.15, 0.2) is 5.96 Å². The third-order valence-corrected chi connectivity index (χ3v) is 5.10.